The number of hydrogen-bond acceptors (Lipinski definition) is 3. The Kier molecular flexibility index (Phi) is 9.67. The number of carbonyl (C=O) groups is 1. The molecule has 35 heavy (non-hydrogen) atoms. The van der Waals surface area contributed by atoms with E-state index in [0.29, 0.717) is 30.1 Å². The van der Waals surface area contributed by atoms with Gasteiger partial charge in [-0.05, 0) is 112 Å². The molecular weight excluding hydrogens is 439 g/mol. The second-order valence-electron chi connectivity index (χ2n) is 11.6. The average molecular weight is 487 g/mol. The Balaban J connectivity index is 1.19. The Bertz CT molecular complexity index is 813. The summed E-state index contributed by atoms with van der Waals surface area (Å²) in [5, 5.41) is 0. The third-order valence-corrected chi connectivity index (χ3v) is 9.51. The molecule has 3 nitrogen and oxygen atoms in total. The van der Waals surface area contributed by atoms with Crippen LogP contribution in [0.2, 0.25) is 0 Å². The highest BCUT2D eigenvalue weighted by atomic mass is 19.1. The molecule has 2 saturated carbocycles. The zero-order valence-electron chi connectivity index (χ0n) is 22.3. The number of ether oxygens (including phenoxy) is 2. The fourth-order valence-corrected chi connectivity index (χ4v) is 7.35. The van der Waals surface area contributed by atoms with Crippen molar-refractivity contribution in [1.82, 2.24) is 0 Å². The SMILES string of the molecule is CCCC1CCC(C2CCC(C3CCC(CC(=O)c4ccc(OCC)c(F)c4C)OC3)CC2)CC1. The third kappa shape index (κ3) is 6.67. The van der Waals surface area contributed by atoms with Gasteiger partial charge in [-0.2, -0.15) is 0 Å². The van der Waals surface area contributed by atoms with Crippen LogP contribution >= 0.6 is 0 Å². The highest BCUT2D eigenvalue weighted by Gasteiger charge is 2.35. The molecule has 2 atom stereocenters. The van der Waals surface area contributed by atoms with E-state index in [2.05, 4.69) is 6.92 Å². The molecule has 1 aromatic carbocycles. The topological polar surface area (TPSA) is 35.5 Å². The summed E-state index contributed by atoms with van der Waals surface area (Å²) in [7, 11) is 0. The van der Waals surface area contributed by atoms with Gasteiger partial charge >= 0.3 is 0 Å². The Labute approximate surface area is 212 Å². The Morgan fingerprint density at radius 2 is 1.51 bits per heavy atom. The van der Waals surface area contributed by atoms with Gasteiger partial charge in [-0.3, -0.25) is 4.79 Å². The van der Waals surface area contributed by atoms with Gasteiger partial charge in [0, 0.05) is 12.0 Å². The summed E-state index contributed by atoms with van der Waals surface area (Å²) < 4.78 is 26.1. The van der Waals surface area contributed by atoms with E-state index in [1.54, 1.807) is 19.1 Å². The summed E-state index contributed by atoms with van der Waals surface area (Å²) in [6, 6.07) is 3.27. The van der Waals surface area contributed by atoms with Gasteiger partial charge in [-0.25, -0.2) is 4.39 Å². The van der Waals surface area contributed by atoms with Crippen LogP contribution in [0.25, 0.3) is 0 Å². The summed E-state index contributed by atoms with van der Waals surface area (Å²) in [6.07, 6.45) is 16.6. The summed E-state index contributed by atoms with van der Waals surface area (Å²) in [5.74, 6) is 4.16. The maximum atomic E-state index is 14.5. The molecule has 1 saturated heterocycles. The number of rotatable bonds is 9. The van der Waals surface area contributed by atoms with Gasteiger partial charge in [-0.15, -0.1) is 0 Å². The van der Waals surface area contributed by atoms with Crippen molar-refractivity contribution in [2.75, 3.05) is 13.2 Å². The molecule has 2 unspecified atom stereocenters. The molecule has 0 spiro atoms. The van der Waals surface area contributed by atoms with Gasteiger partial charge in [0.1, 0.15) is 0 Å². The second kappa shape index (κ2) is 12.7. The lowest BCUT2D eigenvalue weighted by Gasteiger charge is -2.41. The van der Waals surface area contributed by atoms with Gasteiger partial charge in [-0.1, -0.05) is 32.6 Å². The number of ketones is 1. The maximum absolute atomic E-state index is 14.5. The predicted molar refractivity (Wildman–Crippen MR) is 140 cm³/mol. The number of hydrogen-bond donors (Lipinski definition) is 0. The van der Waals surface area contributed by atoms with Crippen LogP contribution < -0.4 is 4.74 Å². The van der Waals surface area contributed by atoms with Crippen molar-refractivity contribution >= 4 is 5.78 Å². The fraction of sp³-hybridized carbons (Fsp3) is 0.774. The molecule has 0 bridgehead atoms. The van der Waals surface area contributed by atoms with Gasteiger partial charge in [0.25, 0.3) is 0 Å². The molecule has 0 N–H and O–H groups in total. The van der Waals surface area contributed by atoms with Crippen molar-refractivity contribution in [3.05, 3.63) is 29.1 Å². The van der Waals surface area contributed by atoms with E-state index in [4.69, 9.17) is 9.47 Å². The molecule has 0 amide bonds. The smallest absolute Gasteiger partial charge is 0.168 e. The first kappa shape index (κ1) is 26.6. The van der Waals surface area contributed by atoms with Crippen LogP contribution in [0.3, 0.4) is 0 Å². The summed E-state index contributed by atoms with van der Waals surface area (Å²) >= 11 is 0. The molecular formula is C31H47FO3. The van der Waals surface area contributed by atoms with Crippen molar-refractivity contribution in [2.45, 2.75) is 110 Å². The summed E-state index contributed by atoms with van der Waals surface area (Å²) in [6.45, 7) is 7.00. The molecule has 4 heteroatoms. The number of carbonyl (C=O) groups excluding carboxylic acids is 1. The molecule has 2 aliphatic carbocycles. The van der Waals surface area contributed by atoms with Crippen LogP contribution in [0.4, 0.5) is 4.39 Å². The van der Waals surface area contributed by atoms with E-state index >= 15 is 0 Å². The predicted octanol–water partition coefficient (Wildman–Crippen LogP) is 8.31. The van der Waals surface area contributed by atoms with Crippen LogP contribution in [-0.2, 0) is 4.74 Å². The largest absolute Gasteiger partial charge is 0.491 e. The van der Waals surface area contributed by atoms with E-state index in [1.807, 2.05) is 6.92 Å². The van der Waals surface area contributed by atoms with Gasteiger partial charge < -0.3 is 9.47 Å². The minimum absolute atomic E-state index is 0.0259. The van der Waals surface area contributed by atoms with Gasteiger partial charge in [0.05, 0.1) is 19.3 Å². The fourth-order valence-electron chi connectivity index (χ4n) is 7.35. The van der Waals surface area contributed by atoms with Crippen LogP contribution in [0.5, 0.6) is 5.75 Å². The van der Waals surface area contributed by atoms with E-state index in [1.165, 1.54) is 64.2 Å². The van der Waals surface area contributed by atoms with Crippen molar-refractivity contribution in [3.8, 4) is 5.75 Å². The first-order valence-electron chi connectivity index (χ1n) is 14.6. The first-order chi connectivity index (χ1) is 17.0. The minimum Gasteiger partial charge on any atom is -0.491 e. The number of benzene rings is 1. The lowest BCUT2D eigenvalue weighted by atomic mass is 9.66. The van der Waals surface area contributed by atoms with E-state index in [0.717, 1.165) is 43.1 Å². The van der Waals surface area contributed by atoms with Gasteiger partial charge in [0.15, 0.2) is 17.3 Å². The number of Topliss-reactive ketones (excluding diaryl/α,β-unsaturated/α-hetero) is 1. The Morgan fingerprint density at radius 1 is 0.914 bits per heavy atom. The highest BCUT2D eigenvalue weighted by molar-refractivity contribution is 5.98. The minimum atomic E-state index is -0.424. The van der Waals surface area contributed by atoms with Crippen molar-refractivity contribution in [2.24, 2.45) is 29.6 Å². The molecule has 1 aromatic rings. The second-order valence-corrected chi connectivity index (χ2v) is 11.6. The molecule has 0 radical (unpaired) electrons. The van der Waals surface area contributed by atoms with Crippen LogP contribution in [0, 0.1) is 42.3 Å². The molecule has 1 aliphatic heterocycles. The molecule has 196 valence electrons. The Morgan fingerprint density at radius 3 is 2.09 bits per heavy atom. The molecule has 0 aromatic heterocycles. The number of halogens is 1. The lowest BCUT2D eigenvalue weighted by Crippen LogP contribution is -2.34. The van der Waals surface area contributed by atoms with Gasteiger partial charge in [0.2, 0.25) is 0 Å². The van der Waals surface area contributed by atoms with E-state index in [9.17, 15) is 9.18 Å². The zero-order chi connectivity index (χ0) is 24.8. The standard InChI is InChI=1S/C31H47FO3/c1-4-6-22-7-9-23(10-8-22)24-11-13-25(14-12-24)26-15-16-27(35-20-26)19-29(33)28-17-18-30(34-5-2)31(32)21(28)3/h17-18,22-27H,4-16,19-20H2,1-3H3. The average Bonchev–Trinajstić information content (AvgIpc) is 2.88. The summed E-state index contributed by atoms with van der Waals surface area (Å²) in [4.78, 5) is 12.9. The van der Waals surface area contributed by atoms with E-state index in [-0.39, 0.29) is 17.6 Å². The molecule has 3 fully saturated rings. The normalized spacial score (nSPS) is 31.8. The monoisotopic (exact) mass is 486 g/mol. The Hall–Kier alpha value is -1.42. The quantitative estimate of drug-likeness (QED) is 0.329. The first-order valence-corrected chi connectivity index (χ1v) is 14.6. The highest BCUT2D eigenvalue weighted by Crippen LogP contribution is 2.45. The van der Waals surface area contributed by atoms with Crippen LogP contribution in [0.1, 0.15) is 113 Å². The third-order valence-electron chi connectivity index (χ3n) is 9.51. The summed E-state index contributed by atoms with van der Waals surface area (Å²) in [5.41, 5.74) is 0.837. The van der Waals surface area contributed by atoms with Crippen molar-refractivity contribution < 1.29 is 18.7 Å². The van der Waals surface area contributed by atoms with Crippen LogP contribution in [-0.4, -0.2) is 25.1 Å². The van der Waals surface area contributed by atoms with Crippen molar-refractivity contribution in [1.29, 1.82) is 0 Å². The molecule has 4 rings (SSSR count). The molecule has 3 aliphatic rings. The lowest BCUT2D eigenvalue weighted by molar-refractivity contribution is -0.0403. The molecule has 1 heterocycles. The maximum Gasteiger partial charge on any atom is 0.168 e. The van der Waals surface area contributed by atoms with E-state index < -0.39 is 5.82 Å². The van der Waals surface area contributed by atoms with Crippen LogP contribution in [0.15, 0.2) is 12.1 Å². The zero-order valence-corrected chi connectivity index (χ0v) is 22.3. The van der Waals surface area contributed by atoms with Crippen molar-refractivity contribution in [3.63, 3.8) is 0 Å².